The summed E-state index contributed by atoms with van der Waals surface area (Å²) < 4.78 is 5.56. The summed E-state index contributed by atoms with van der Waals surface area (Å²) in [6, 6.07) is 2.03. The third-order valence-corrected chi connectivity index (χ3v) is 4.20. The lowest BCUT2D eigenvalue weighted by Crippen LogP contribution is -2.22. The van der Waals surface area contributed by atoms with E-state index in [2.05, 4.69) is 6.92 Å². The van der Waals surface area contributed by atoms with Crippen molar-refractivity contribution in [2.45, 2.75) is 44.9 Å². The second-order valence-electron chi connectivity index (χ2n) is 5.22. The van der Waals surface area contributed by atoms with Crippen molar-refractivity contribution in [3.63, 3.8) is 0 Å². The van der Waals surface area contributed by atoms with E-state index in [0.717, 1.165) is 31.4 Å². The Morgan fingerprint density at radius 1 is 1.40 bits per heavy atom. The third-order valence-electron chi connectivity index (χ3n) is 4.20. The largest absolute Gasteiger partial charge is 0.468 e. The summed E-state index contributed by atoms with van der Waals surface area (Å²) in [4.78, 5) is 12.0. The zero-order valence-corrected chi connectivity index (χ0v) is 9.08. The van der Waals surface area contributed by atoms with E-state index in [1.165, 1.54) is 12.0 Å². The molecule has 0 bridgehead atoms. The molecular formula is C13H16O2. The molecular weight excluding hydrogens is 188 g/mol. The molecule has 1 aromatic heterocycles. The first-order valence-corrected chi connectivity index (χ1v) is 5.80. The summed E-state index contributed by atoms with van der Waals surface area (Å²) in [5, 5.41) is 0. The monoisotopic (exact) mass is 204 g/mol. The highest BCUT2D eigenvalue weighted by molar-refractivity contribution is 5.88. The molecule has 1 unspecified atom stereocenters. The van der Waals surface area contributed by atoms with Gasteiger partial charge in [0.25, 0.3) is 0 Å². The van der Waals surface area contributed by atoms with E-state index in [-0.39, 0.29) is 11.3 Å². The van der Waals surface area contributed by atoms with Crippen molar-refractivity contribution in [2.75, 3.05) is 0 Å². The molecule has 0 spiro atoms. The smallest absolute Gasteiger partial charge is 0.144 e. The highest BCUT2D eigenvalue weighted by Gasteiger charge is 2.48. The fourth-order valence-corrected chi connectivity index (χ4v) is 3.31. The van der Waals surface area contributed by atoms with Gasteiger partial charge in [0.1, 0.15) is 11.5 Å². The molecule has 80 valence electrons. The minimum Gasteiger partial charge on any atom is -0.468 e. The highest BCUT2D eigenvalue weighted by atomic mass is 16.3. The first-order valence-electron chi connectivity index (χ1n) is 5.80. The van der Waals surface area contributed by atoms with Crippen LogP contribution in [0.15, 0.2) is 16.7 Å². The van der Waals surface area contributed by atoms with Gasteiger partial charge in [0.05, 0.1) is 12.2 Å². The van der Waals surface area contributed by atoms with E-state index < -0.39 is 0 Å². The molecule has 0 aliphatic heterocycles. The molecule has 1 saturated carbocycles. The van der Waals surface area contributed by atoms with Gasteiger partial charge in [-0.25, -0.2) is 0 Å². The van der Waals surface area contributed by atoms with Gasteiger partial charge in [0, 0.05) is 6.42 Å². The average Bonchev–Trinajstić information content (AvgIpc) is 2.70. The summed E-state index contributed by atoms with van der Waals surface area (Å²) in [7, 11) is 0. The molecule has 2 heteroatoms. The van der Waals surface area contributed by atoms with Crippen LogP contribution in [0.1, 0.15) is 49.8 Å². The van der Waals surface area contributed by atoms with Crippen LogP contribution in [0.4, 0.5) is 0 Å². The summed E-state index contributed by atoms with van der Waals surface area (Å²) >= 11 is 0. The van der Waals surface area contributed by atoms with Crippen LogP contribution in [0.3, 0.4) is 0 Å². The molecule has 1 aromatic rings. The number of ketones is 1. The summed E-state index contributed by atoms with van der Waals surface area (Å²) in [5.41, 5.74) is 1.43. The van der Waals surface area contributed by atoms with Crippen LogP contribution in [-0.4, -0.2) is 5.78 Å². The van der Waals surface area contributed by atoms with Gasteiger partial charge in [-0.2, -0.15) is 0 Å². The van der Waals surface area contributed by atoms with Crippen molar-refractivity contribution in [1.82, 2.24) is 0 Å². The molecule has 0 amide bonds. The number of aryl methyl sites for hydroxylation is 1. The molecule has 2 aliphatic carbocycles. The number of furan rings is 1. The number of rotatable bonds is 0. The zero-order chi connectivity index (χ0) is 10.5. The van der Waals surface area contributed by atoms with Gasteiger partial charge < -0.3 is 4.42 Å². The van der Waals surface area contributed by atoms with Gasteiger partial charge in [0.2, 0.25) is 0 Å². The van der Waals surface area contributed by atoms with Crippen LogP contribution in [0, 0.1) is 5.41 Å². The number of hydrogen-bond donors (Lipinski definition) is 0. The molecule has 1 heterocycles. The topological polar surface area (TPSA) is 30.2 Å². The van der Waals surface area contributed by atoms with Crippen LogP contribution in [0.25, 0.3) is 0 Å². The first-order chi connectivity index (χ1) is 7.21. The Morgan fingerprint density at radius 3 is 3.13 bits per heavy atom. The second-order valence-corrected chi connectivity index (χ2v) is 5.22. The number of carbonyl (C=O) groups is 1. The van der Waals surface area contributed by atoms with E-state index in [1.807, 2.05) is 6.07 Å². The van der Waals surface area contributed by atoms with Crippen molar-refractivity contribution in [2.24, 2.45) is 5.41 Å². The van der Waals surface area contributed by atoms with Crippen LogP contribution in [0.2, 0.25) is 0 Å². The maximum Gasteiger partial charge on any atom is 0.144 e. The van der Waals surface area contributed by atoms with Crippen molar-refractivity contribution in [3.05, 3.63) is 23.7 Å². The standard InChI is InChI=1S/C13H16O2/c1-13-6-2-3-9-5-8-15-12(9)11(13)10(14)4-7-13/h5,8,11H,2-4,6-7H2,1H3/t11?,13-/m0/s1. The van der Waals surface area contributed by atoms with Gasteiger partial charge in [-0.15, -0.1) is 0 Å². The number of hydrogen-bond acceptors (Lipinski definition) is 2. The predicted molar refractivity (Wildman–Crippen MR) is 56.7 cm³/mol. The van der Waals surface area contributed by atoms with Gasteiger partial charge >= 0.3 is 0 Å². The van der Waals surface area contributed by atoms with Gasteiger partial charge in [0.15, 0.2) is 0 Å². The maximum absolute atomic E-state index is 12.0. The van der Waals surface area contributed by atoms with E-state index in [0.29, 0.717) is 5.78 Å². The van der Waals surface area contributed by atoms with Gasteiger partial charge in [-0.05, 0) is 42.7 Å². The summed E-state index contributed by atoms with van der Waals surface area (Å²) in [5.74, 6) is 1.40. The maximum atomic E-state index is 12.0. The Kier molecular flexibility index (Phi) is 1.82. The van der Waals surface area contributed by atoms with E-state index in [9.17, 15) is 4.79 Å². The predicted octanol–water partition coefficient (Wildman–Crippen LogP) is 3.07. The van der Waals surface area contributed by atoms with E-state index >= 15 is 0 Å². The Morgan fingerprint density at radius 2 is 2.27 bits per heavy atom. The molecule has 0 radical (unpaired) electrons. The molecule has 15 heavy (non-hydrogen) atoms. The Labute approximate surface area is 89.7 Å². The molecule has 3 rings (SSSR count). The number of carbonyl (C=O) groups excluding carboxylic acids is 1. The lowest BCUT2D eigenvalue weighted by Gasteiger charge is -2.27. The van der Waals surface area contributed by atoms with Crippen molar-refractivity contribution >= 4 is 5.78 Å². The van der Waals surface area contributed by atoms with Crippen molar-refractivity contribution in [3.8, 4) is 0 Å². The average molecular weight is 204 g/mol. The van der Waals surface area contributed by atoms with Crippen LogP contribution in [0.5, 0.6) is 0 Å². The fourth-order valence-electron chi connectivity index (χ4n) is 3.31. The summed E-state index contributed by atoms with van der Waals surface area (Å²) in [6.07, 6.45) is 6.94. The minimum atomic E-state index is 0.0463. The number of Topliss-reactive ketones (excluding diaryl/α,β-unsaturated/α-hetero) is 1. The molecule has 0 aromatic carbocycles. The zero-order valence-electron chi connectivity index (χ0n) is 9.08. The summed E-state index contributed by atoms with van der Waals surface area (Å²) in [6.45, 7) is 2.25. The quantitative estimate of drug-likeness (QED) is 0.650. The highest BCUT2D eigenvalue weighted by Crippen LogP contribution is 2.52. The lowest BCUT2D eigenvalue weighted by molar-refractivity contribution is -0.119. The van der Waals surface area contributed by atoms with E-state index in [4.69, 9.17) is 4.42 Å². The molecule has 2 nitrogen and oxygen atoms in total. The Hall–Kier alpha value is -1.05. The Balaban J connectivity index is 2.13. The van der Waals surface area contributed by atoms with E-state index in [1.54, 1.807) is 6.26 Å². The normalized spacial score (nSPS) is 34.7. The fraction of sp³-hybridized carbons (Fsp3) is 0.615. The van der Waals surface area contributed by atoms with Gasteiger partial charge in [-0.1, -0.05) is 6.92 Å². The SMILES string of the molecule is C[C@@]12CCCc3ccoc3C1C(=O)CC2. The van der Waals surface area contributed by atoms with Crippen LogP contribution >= 0.6 is 0 Å². The second kappa shape index (κ2) is 2.97. The van der Waals surface area contributed by atoms with Crippen LogP contribution < -0.4 is 0 Å². The third kappa shape index (κ3) is 1.20. The molecule has 1 fully saturated rings. The minimum absolute atomic E-state index is 0.0463. The van der Waals surface area contributed by atoms with Gasteiger partial charge in [-0.3, -0.25) is 4.79 Å². The number of fused-ring (bicyclic) bond motifs is 3. The van der Waals surface area contributed by atoms with Crippen molar-refractivity contribution in [1.29, 1.82) is 0 Å². The molecule has 0 N–H and O–H groups in total. The molecule has 0 saturated heterocycles. The molecule has 2 aliphatic rings. The first kappa shape index (κ1) is 9.20. The Bertz CT molecular complexity index is 404. The van der Waals surface area contributed by atoms with Crippen molar-refractivity contribution < 1.29 is 9.21 Å². The lowest BCUT2D eigenvalue weighted by atomic mass is 9.76. The van der Waals surface area contributed by atoms with Crippen LogP contribution in [-0.2, 0) is 11.2 Å². The molecule has 2 atom stereocenters.